The Hall–Kier alpha value is -0.610. The van der Waals surface area contributed by atoms with Gasteiger partial charge in [-0.2, -0.15) is 0 Å². The number of carbonyl (C=O) groups is 1. The molecule has 2 heterocycles. The first-order chi connectivity index (χ1) is 7.14. The van der Waals surface area contributed by atoms with Crippen molar-refractivity contribution in [2.75, 3.05) is 33.4 Å². The number of hydrogen-bond acceptors (Lipinski definition) is 3. The lowest BCUT2D eigenvalue weighted by atomic mass is 9.92. The zero-order valence-electron chi connectivity index (χ0n) is 9.49. The largest absolute Gasteiger partial charge is 0.380 e. The molecule has 0 N–H and O–H groups in total. The smallest absolute Gasteiger partial charge is 0.230 e. The number of rotatable bonds is 2. The summed E-state index contributed by atoms with van der Waals surface area (Å²) < 4.78 is 10.5. The van der Waals surface area contributed by atoms with Crippen LogP contribution in [0.3, 0.4) is 0 Å². The second-order valence-electron chi connectivity index (χ2n) is 4.71. The minimum Gasteiger partial charge on any atom is -0.380 e. The summed E-state index contributed by atoms with van der Waals surface area (Å²) in [6, 6.07) is 0. The minimum atomic E-state index is -0.0348. The molecule has 0 bridgehead atoms. The molecule has 0 radical (unpaired) electrons. The summed E-state index contributed by atoms with van der Waals surface area (Å²) >= 11 is 0. The van der Waals surface area contributed by atoms with E-state index < -0.39 is 0 Å². The Bertz CT molecular complexity index is 242. The summed E-state index contributed by atoms with van der Waals surface area (Å²) in [6.07, 6.45) is 1.87. The Morgan fingerprint density at radius 2 is 2.00 bits per heavy atom. The molecule has 4 nitrogen and oxygen atoms in total. The van der Waals surface area contributed by atoms with Gasteiger partial charge in [-0.25, -0.2) is 0 Å². The van der Waals surface area contributed by atoms with Crippen LogP contribution in [0, 0.1) is 5.92 Å². The fourth-order valence-electron chi connectivity index (χ4n) is 2.04. The van der Waals surface area contributed by atoms with Crippen molar-refractivity contribution in [3.63, 3.8) is 0 Å². The van der Waals surface area contributed by atoms with Gasteiger partial charge in [-0.3, -0.25) is 4.79 Å². The van der Waals surface area contributed by atoms with Gasteiger partial charge in [0.25, 0.3) is 0 Å². The fraction of sp³-hybridized carbons (Fsp3) is 0.909. The van der Waals surface area contributed by atoms with Gasteiger partial charge in [0.2, 0.25) is 5.91 Å². The molecule has 2 aliphatic rings. The second kappa shape index (κ2) is 4.10. The van der Waals surface area contributed by atoms with Gasteiger partial charge in [0, 0.05) is 20.2 Å². The molecular formula is C11H19NO3. The molecule has 0 aromatic heterocycles. The summed E-state index contributed by atoms with van der Waals surface area (Å²) in [6.45, 7) is 4.97. The van der Waals surface area contributed by atoms with Gasteiger partial charge in [-0.1, -0.05) is 0 Å². The number of likely N-dealkylation sites (tertiary alicyclic amines) is 1. The average Bonchev–Trinajstić information content (AvgIpc) is 2.16. The molecule has 15 heavy (non-hydrogen) atoms. The molecule has 0 aromatic carbocycles. The monoisotopic (exact) mass is 213 g/mol. The SMILES string of the molecule is COC1(C)CCN(C(=O)C2COC2)CC1. The van der Waals surface area contributed by atoms with Gasteiger partial charge in [-0.15, -0.1) is 0 Å². The van der Waals surface area contributed by atoms with Gasteiger partial charge < -0.3 is 14.4 Å². The van der Waals surface area contributed by atoms with Gasteiger partial charge in [0.1, 0.15) is 0 Å². The molecule has 2 aliphatic heterocycles. The number of carbonyl (C=O) groups excluding carboxylic acids is 1. The molecule has 1 amide bonds. The first kappa shape index (κ1) is 10.9. The Balaban J connectivity index is 1.84. The highest BCUT2D eigenvalue weighted by molar-refractivity contribution is 5.79. The molecule has 86 valence electrons. The predicted octanol–water partition coefficient (Wildman–Crippen LogP) is 0.660. The van der Waals surface area contributed by atoms with E-state index in [0.717, 1.165) is 25.9 Å². The summed E-state index contributed by atoms with van der Waals surface area (Å²) in [7, 11) is 1.75. The first-order valence-electron chi connectivity index (χ1n) is 5.56. The highest BCUT2D eigenvalue weighted by Crippen LogP contribution is 2.26. The number of piperidine rings is 1. The molecule has 2 saturated heterocycles. The molecule has 0 atom stereocenters. The van der Waals surface area contributed by atoms with E-state index in [1.165, 1.54) is 0 Å². The lowest BCUT2D eigenvalue weighted by Crippen LogP contribution is -2.51. The zero-order valence-corrected chi connectivity index (χ0v) is 9.49. The first-order valence-corrected chi connectivity index (χ1v) is 5.56. The van der Waals surface area contributed by atoms with E-state index in [9.17, 15) is 4.79 Å². The second-order valence-corrected chi connectivity index (χ2v) is 4.71. The van der Waals surface area contributed by atoms with Crippen LogP contribution in [0.15, 0.2) is 0 Å². The van der Waals surface area contributed by atoms with Crippen LogP contribution >= 0.6 is 0 Å². The van der Waals surface area contributed by atoms with Crippen molar-refractivity contribution < 1.29 is 14.3 Å². The van der Waals surface area contributed by atoms with E-state index in [-0.39, 0.29) is 17.4 Å². The van der Waals surface area contributed by atoms with Crippen LogP contribution in [0.2, 0.25) is 0 Å². The third-order valence-corrected chi connectivity index (χ3v) is 3.61. The quantitative estimate of drug-likeness (QED) is 0.676. The highest BCUT2D eigenvalue weighted by Gasteiger charge is 2.36. The average molecular weight is 213 g/mol. The van der Waals surface area contributed by atoms with Crippen LogP contribution in [0.4, 0.5) is 0 Å². The van der Waals surface area contributed by atoms with E-state index in [1.54, 1.807) is 7.11 Å². The van der Waals surface area contributed by atoms with E-state index in [0.29, 0.717) is 13.2 Å². The van der Waals surface area contributed by atoms with Crippen molar-refractivity contribution in [2.45, 2.75) is 25.4 Å². The number of ether oxygens (including phenoxy) is 2. The van der Waals surface area contributed by atoms with E-state index >= 15 is 0 Å². The molecule has 4 heteroatoms. The Kier molecular flexibility index (Phi) is 2.98. The maximum absolute atomic E-state index is 11.9. The van der Waals surface area contributed by atoms with Crippen LogP contribution in [-0.4, -0.2) is 49.8 Å². The number of amides is 1. The minimum absolute atomic E-state index is 0.0348. The van der Waals surface area contributed by atoms with Crippen LogP contribution in [0.5, 0.6) is 0 Å². The topological polar surface area (TPSA) is 38.8 Å². The van der Waals surface area contributed by atoms with Gasteiger partial charge in [0.15, 0.2) is 0 Å². The molecule has 0 aliphatic carbocycles. The Morgan fingerprint density at radius 3 is 2.40 bits per heavy atom. The number of hydrogen-bond donors (Lipinski definition) is 0. The Morgan fingerprint density at radius 1 is 1.40 bits per heavy atom. The fourth-order valence-corrected chi connectivity index (χ4v) is 2.04. The van der Waals surface area contributed by atoms with Crippen molar-refractivity contribution in [3.8, 4) is 0 Å². The van der Waals surface area contributed by atoms with Crippen LogP contribution in [0.1, 0.15) is 19.8 Å². The van der Waals surface area contributed by atoms with Gasteiger partial charge in [0.05, 0.1) is 24.7 Å². The number of methoxy groups -OCH3 is 1. The normalized spacial score (nSPS) is 26.1. The molecule has 0 aromatic rings. The maximum Gasteiger partial charge on any atom is 0.230 e. The zero-order chi connectivity index (χ0) is 10.9. The van der Waals surface area contributed by atoms with Crippen molar-refractivity contribution in [2.24, 2.45) is 5.92 Å². The maximum atomic E-state index is 11.9. The predicted molar refractivity (Wildman–Crippen MR) is 55.5 cm³/mol. The summed E-state index contributed by atoms with van der Waals surface area (Å²) in [5, 5.41) is 0. The molecular weight excluding hydrogens is 194 g/mol. The summed E-state index contributed by atoms with van der Waals surface area (Å²) in [4.78, 5) is 13.8. The highest BCUT2D eigenvalue weighted by atomic mass is 16.5. The summed E-state index contributed by atoms with van der Waals surface area (Å²) in [5.41, 5.74) is -0.0348. The standard InChI is InChI=1S/C11H19NO3/c1-11(14-2)3-5-12(6-4-11)10(13)9-7-15-8-9/h9H,3-8H2,1-2H3. The van der Waals surface area contributed by atoms with Gasteiger partial charge >= 0.3 is 0 Å². The van der Waals surface area contributed by atoms with E-state index in [1.807, 2.05) is 4.90 Å². The molecule has 2 rings (SSSR count). The van der Waals surface area contributed by atoms with Crippen LogP contribution < -0.4 is 0 Å². The van der Waals surface area contributed by atoms with Crippen LogP contribution in [0.25, 0.3) is 0 Å². The van der Waals surface area contributed by atoms with Crippen molar-refractivity contribution in [1.29, 1.82) is 0 Å². The van der Waals surface area contributed by atoms with Crippen molar-refractivity contribution in [1.82, 2.24) is 4.90 Å². The lowest BCUT2D eigenvalue weighted by molar-refractivity contribution is -0.154. The van der Waals surface area contributed by atoms with Crippen molar-refractivity contribution >= 4 is 5.91 Å². The van der Waals surface area contributed by atoms with Gasteiger partial charge in [-0.05, 0) is 19.8 Å². The lowest BCUT2D eigenvalue weighted by Gasteiger charge is -2.40. The third-order valence-electron chi connectivity index (χ3n) is 3.61. The summed E-state index contributed by atoms with van der Waals surface area (Å²) in [5.74, 6) is 0.385. The number of nitrogens with zero attached hydrogens (tertiary/aromatic N) is 1. The van der Waals surface area contributed by atoms with E-state index in [2.05, 4.69) is 6.92 Å². The molecule has 2 fully saturated rings. The van der Waals surface area contributed by atoms with Crippen LogP contribution in [-0.2, 0) is 14.3 Å². The Labute approximate surface area is 90.5 Å². The molecule has 0 spiro atoms. The van der Waals surface area contributed by atoms with E-state index in [4.69, 9.17) is 9.47 Å². The molecule has 0 unspecified atom stereocenters. The third kappa shape index (κ3) is 2.16. The molecule has 0 saturated carbocycles. The van der Waals surface area contributed by atoms with Crippen molar-refractivity contribution in [3.05, 3.63) is 0 Å².